The van der Waals surface area contributed by atoms with Crippen LogP contribution in [-0.4, -0.2) is 11.7 Å². The Kier molecular flexibility index (Phi) is 1.78. The summed E-state index contributed by atoms with van der Waals surface area (Å²) in [5.74, 6) is -0.239. The van der Waals surface area contributed by atoms with E-state index in [4.69, 9.17) is 28.6 Å². The van der Waals surface area contributed by atoms with Crippen molar-refractivity contribution in [3.63, 3.8) is 0 Å². The number of carbonyl (C=O) groups excluding carboxylic acids is 1. The van der Waals surface area contributed by atoms with Gasteiger partial charge >= 0.3 is 0 Å². The molecule has 0 saturated heterocycles. The van der Waals surface area contributed by atoms with Gasteiger partial charge in [-0.15, -0.1) is 0 Å². The minimum atomic E-state index is -0.307. The molecule has 0 spiro atoms. The third kappa shape index (κ3) is 1.20. The lowest BCUT2D eigenvalue weighted by Gasteiger charge is -1.98. The fourth-order valence-electron chi connectivity index (χ4n) is 1.19. The van der Waals surface area contributed by atoms with Crippen molar-refractivity contribution in [3.05, 3.63) is 33.3 Å². The quantitative estimate of drug-likeness (QED) is 0.683. The second-order valence-electron chi connectivity index (χ2n) is 2.64. The third-order valence-corrected chi connectivity index (χ3v) is 2.54. The Labute approximate surface area is 84.2 Å². The van der Waals surface area contributed by atoms with E-state index in [1.165, 1.54) is 12.1 Å². The molecule has 0 radical (unpaired) electrons. The molecule has 13 heavy (non-hydrogen) atoms. The Hall–Kier alpha value is -1.06. The van der Waals surface area contributed by atoms with Gasteiger partial charge in [-0.05, 0) is 12.1 Å². The summed E-state index contributed by atoms with van der Waals surface area (Å²) in [5, 5.41) is 10.4. The minimum absolute atomic E-state index is 0.0681. The Balaban J connectivity index is 2.72. The average molecular weight is 215 g/mol. The van der Waals surface area contributed by atoms with Crippen LogP contribution < -0.4 is 5.32 Å². The van der Waals surface area contributed by atoms with Crippen LogP contribution >= 0.6 is 23.2 Å². The fraction of sp³-hybridized carbons (Fsp3) is 0. The van der Waals surface area contributed by atoms with Crippen molar-refractivity contribution in [2.24, 2.45) is 0 Å². The molecular weight excluding hydrogens is 211 g/mol. The number of rotatable bonds is 0. The Morgan fingerprint density at radius 3 is 2.31 bits per heavy atom. The Bertz CT molecular complexity index is 389. The zero-order chi connectivity index (χ0) is 9.59. The van der Waals surface area contributed by atoms with Gasteiger partial charge in [0, 0.05) is 5.56 Å². The lowest BCUT2D eigenvalue weighted by molar-refractivity contribution is 0.0983. The molecule has 0 bridgehead atoms. The summed E-state index contributed by atoms with van der Waals surface area (Å²) in [6, 6.07) is 2.98. The number of hydrogen-bond donors (Lipinski definition) is 2. The van der Waals surface area contributed by atoms with Crippen LogP contribution in [0.3, 0.4) is 0 Å². The molecule has 1 aliphatic rings. The maximum absolute atomic E-state index is 11.2. The van der Waals surface area contributed by atoms with E-state index < -0.39 is 0 Å². The summed E-state index contributed by atoms with van der Waals surface area (Å²) >= 11 is 11.5. The highest BCUT2D eigenvalue weighted by Crippen LogP contribution is 2.27. The molecule has 3 nitrogen and oxygen atoms in total. The van der Waals surface area contributed by atoms with Crippen molar-refractivity contribution in [2.45, 2.75) is 0 Å². The normalized spacial score (nSPS) is 14.3. The minimum Gasteiger partial charge on any atom is -0.306 e. The first-order valence-electron chi connectivity index (χ1n) is 3.49. The number of benzene rings is 1. The van der Waals surface area contributed by atoms with E-state index in [-0.39, 0.29) is 11.7 Å². The van der Waals surface area contributed by atoms with Crippen LogP contribution in [0, 0.1) is 5.41 Å². The fourth-order valence-corrected chi connectivity index (χ4v) is 1.52. The third-order valence-electron chi connectivity index (χ3n) is 1.81. The molecule has 1 aromatic rings. The second-order valence-corrected chi connectivity index (χ2v) is 3.46. The molecular formula is C8H4Cl2N2O. The van der Waals surface area contributed by atoms with Gasteiger partial charge in [0.1, 0.15) is 5.84 Å². The van der Waals surface area contributed by atoms with Crippen molar-refractivity contribution in [3.8, 4) is 0 Å². The molecule has 0 atom stereocenters. The van der Waals surface area contributed by atoms with Gasteiger partial charge in [0.05, 0.1) is 15.6 Å². The standard InChI is InChI=1S/C8H4Cl2N2O/c9-5-1-3-4(2-6(5)10)8(13)12-7(3)11/h1-2H,(H2,11,12,13). The lowest BCUT2D eigenvalue weighted by atomic mass is 10.1. The largest absolute Gasteiger partial charge is 0.306 e. The molecule has 0 aliphatic carbocycles. The van der Waals surface area contributed by atoms with Gasteiger partial charge in [0.2, 0.25) is 0 Å². The number of nitrogens with one attached hydrogen (secondary N) is 2. The molecule has 0 unspecified atom stereocenters. The van der Waals surface area contributed by atoms with Crippen LogP contribution in [-0.2, 0) is 0 Å². The van der Waals surface area contributed by atoms with E-state index in [0.717, 1.165) is 0 Å². The highest BCUT2D eigenvalue weighted by molar-refractivity contribution is 6.43. The highest BCUT2D eigenvalue weighted by Gasteiger charge is 2.24. The van der Waals surface area contributed by atoms with Gasteiger partial charge in [0.15, 0.2) is 0 Å². The highest BCUT2D eigenvalue weighted by atomic mass is 35.5. The smallest absolute Gasteiger partial charge is 0.257 e. The number of carbonyl (C=O) groups is 1. The van der Waals surface area contributed by atoms with E-state index in [1.54, 1.807) is 0 Å². The molecule has 5 heteroatoms. The zero-order valence-electron chi connectivity index (χ0n) is 6.32. The zero-order valence-corrected chi connectivity index (χ0v) is 7.83. The van der Waals surface area contributed by atoms with Gasteiger partial charge in [-0.25, -0.2) is 0 Å². The summed E-state index contributed by atoms with van der Waals surface area (Å²) in [6.45, 7) is 0. The number of fused-ring (bicyclic) bond motifs is 1. The summed E-state index contributed by atoms with van der Waals surface area (Å²) in [7, 11) is 0. The van der Waals surface area contributed by atoms with Crippen LogP contribution in [0.5, 0.6) is 0 Å². The summed E-state index contributed by atoms with van der Waals surface area (Å²) in [4.78, 5) is 11.2. The van der Waals surface area contributed by atoms with Crippen molar-refractivity contribution >= 4 is 34.9 Å². The lowest BCUT2D eigenvalue weighted by Crippen LogP contribution is -2.19. The maximum Gasteiger partial charge on any atom is 0.257 e. The Morgan fingerprint density at radius 1 is 1.15 bits per heavy atom. The molecule has 0 saturated carbocycles. The summed E-state index contributed by atoms with van der Waals surface area (Å²) < 4.78 is 0. The number of amidine groups is 1. The van der Waals surface area contributed by atoms with Gasteiger partial charge in [-0.1, -0.05) is 23.2 Å². The summed E-state index contributed by atoms with van der Waals surface area (Å²) in [5.41, 5.74) is 0.902. The number of hydrogen-bond acceptors (Lipinski definition) is 2. The van der Waals surface area contributed by atoms with E-state index in [0.29, 0.717) is 21.2 Å². The molecule has 0 fully saturated rings. The first kappa shape index (κ1) is 8.53. The SMILES string of the molecule is N=C1NC(=O)c2cc(Cl)c(Cl)cc21. The molecule has 1 aliphatic heterocycles. The van der Waals surface area contributed by atoms with Gasteiger partial charge < -0.3 is 5.32 Å². The van der Waals surface area contributed by atoms with Crippen molar-refractivity contribution < 1.29 is 4.79 Å². The monoisotopic (exact) mass is 214 g/mol. The van der Waals surface area contributed by atoms with Crippen LogP contribution in [0.2, 0.25) is 10.0 Å². The number of amides is 1. The van der Waals surface area contributed by atoms with Gasteiger partial charge in [-0.2, -0.15) is 0 Å². The predicted molar refractivity (Wildman–Crippen MR) is 50.8 cm³/mol. The first-order valence-corrected chi connectivity index (χ1v) is 4.24. The predicted octanol–water partition coefficient (Wildman–Crippen LogP) is 2.06. The van der Waals surface area contributed by atoms with E-state index >= 15 is 0 Å². The van der Waals surface area contributed by atoms with E-state index in [1.807, 2.05) is 0 Å². The molecule has 2 N–H and O–H groups in total. The van der Waals surface area contributed by atoms with E-state index in [9.17, 15) is 4.79 Å². The van der Waals surface area contributed by atoms with Crippen molar-refractivity contribution in [1.29, 1.82) is 5.41 Å². The van der Waals surface area contributed by atoms with Crippen molar-refractivity contribution in [1.82, 2.24) is 5.32 Å². The van der Waals surface area contributed by atoms with Crippen LogP contribution in [0.25, 0.3) is 0 Å². The second kappa shape index (κ2) is 2.72. The van der Waals surface area contributed by atoms with Gasteiger partial charge in [-0.3, -0.25) is 10.2 Å². The van der Waals surface area contributed by atoms with Crippen LogP contribution in [0.1, 0.15) is 15.9 Å². The molecule has 1 amide bonds. The average Bonchev–Trinajstić information content (AvgIpc) is 2.31. The molecule has 1 heterocycles. The van der Waals surface area contributed by atoms with E-state index in [2.05, 4.69) is 5.32 Å². The van der Waals surface area contributed by atoms with Crippen LogP contribution in [0.4, 0.5) is 0 Å². The van der Waals surface area contributed by atoms with Crippen molar-refractivity contribution in [2.75, 3.05) is 0 Å². The maximum atomic E-state index is 11.2. The summed E-state index contributed by atoms with van der Waals surface area (Å²) in [6.07, 6.45) is 0. The van der Waals surface area contributed by atoms with Gasteiger partial charge in [0.25, 0.3) is 5.91 Å². The molecule has 2 rings (SSSR count). The Morgan fingerprint density at radius 2 is 1.69 bits per heavy atom. The van der Waals surface area contributed by atoms with Crippen LogP contribution in [0.15, 0.2) is 12.1 Å². The molecule has 66 valence electrons. The molecule has 0 aromatic heterocycles. The first-order chi connectivity index (χ1) is 6.09. The molecule has 1 aromatic carbocycles. The number of halogens is 2. The topological polar surface area (TPSA) is 53.0 Å².